The van der Waals surface area contributed by atoms with Gasteiger partial charge >= 0.3 is 0 Å². The van der Waals surface area contributed by atoms with E-state index >= 15 is 0 Å². The number of piperazine rings is 1. The van der Waals surface area contributed by atoms with Crippen molar-refractivity contribution in [2.45, 2.75) is 11.3 Å². The van der Waals surface area contributed by atoms with Crippen LogP contribution in [0.15, 0.2) is 23.1 Å². The first-order chi connectivity index (χ1) is 10.1. The second-order valence-electron chi connectivity index (χ2n) is 5.38. The van der Waals surface area contributed by atoms with Gasteiger partial charge in [-0.15, -0.1) is 12.6 Å². The minimum atomic E-state index is -0.372. The predicted octanol–water partition coefficient (Wildman–Crippen LogP) is 1.93. The van der Waals surface area contributed by atoms with Gasteiger partial charge in [-0.2, -0.15) is 0 Å². The molecule has 0 saturated carbocycles. The summed E-state index contributed by atoms with van der Waals surface area (Å²) in [5, 5.41) is 14.2. The molecule has 1 saturated heterocycles. The van der Waals surface area contributed by atoms with E-state index in [-0.39, 0.29) is 10.6 Å². The molecule has 1 aromatic carbocycles. The van der Waals surface area contributed by atoms with E-state index in [0.29, 0.717) is 10.6 Å². The van der Waals surface area contributed by atoms with Crippen LogP contribution in [0, 0.1) is 10.1 Å². The van der Waals surface area contributed by atoms with E-state index in [0.717, 1.165) is 45.7 Å². The van der Waals surface area contributed by atoms with Crippen LogP contribution < -0.4 is 5.32 Å². The number of anilines is 1. The summed E-state index contributed by atoms with van der Waals surface area (Å²) in [6.07, 6.45) is 0.976. The van der Waals surface area contributed by atoms with E-state index in [1.165, 1.54) is 6.07 Å². The second kappa shape index (κ2) is 7.63. The van der Waals surface area contributed by atoms with Gasteiger partial charge in [-0.05, 0) is 32.1 Å². The molecule has 0 atom stereocenters. The van der Waals surface area contributed by atoms with Crippen LogP contribution in [-0.2, 0) is 0 Å². The van der Waals surface area contributed by atoms with Crippen molar-refractivity contribution in [3.05, 3.63) is 28.3 Å². The van der Waals surface area contributed by atoms with E-state index in [2.05, 4.69) is 34.8 Å². The monoisotopic (exact) mass is 310 g/mol. The van der Waals surface area contributed by atoms with E-state index in [4.69, 9.17) is 0 Å². The molecule has 0 amide bonds. The summed E-state index contributed by atoms with van der Waals surface area (Å²) in [4.78, 5) is 16.0. The minimum absolute atomic E-state index is 0.0853. The lowest BCUT2D eigenvalue weighted by atomic mass is 10.2. The fourth-order valence-corrected chi connectivity index (χ4v) is 2.61. The molecular weight excluding hydrogens is 288 g/mol. The summed E-state index contributed by atoms with van der Waals surface area (Å²) in [6, 6.07) is 4.96. The highest BCUT2D eigenvalue weighted by Gasteiger charge is 2.15. The van der Waals surface area contributed by atoms with Crippen molar-refractivity contribution >= 4 is 24.0 Å². The lowest BCUT2D eigenvalue weighted by Crippen LogP contribution is -2.44. The van der Waals surface area contributed by atoms with Gasteiger partial charge in [0, 0.05) is 43.7 Å². The Hall–Kier alpha value is -1.31. The van der Waals surface area contributed by atoms with Gasteiger partial charge in [0.15, 0.2) is 0 Å². The fourth-order valence-electron chi connectivity index (χ4n) is 2.42. The van der Waals surface area contributed by atoms with Crippen molar-refractivity contribution in [2.75, 3.05) is 51.6 Å². The Morgan fingerprint density at radius 2 is 2.05 bits per heavy atom. The minimum Gasteiger partial charge on any atom is -0.379 e. The third kappa shape index (κ3) is 4.87. The second-order valence-corrected chi connectivity index (χ2v) is 5.90. The quantitative estimate of drug-likeness (QED) is 0.364. The zero-order valence-corrected chi connectivity index (χ0v) is 13.2. The highest BCUT2D eigenvalue weighted by molar-refractivity contribution is 7.80. The SMILES string of the molecule is CN1CCN(CCCNc2ccc(S)cc2[N+](=O)[O-])CC1. The van der Waals surface area contributed by atoms with Gasteiger partial charge in [0.05, 0.1) is 4.92 Å². The highest BCUT2D eigenvalue weighted by atomic mass is 32.1. The average molecular weight is 310 g/mol. The van der Waals surface area contributed by atoms with Crippen molar-refractivity contribution in [2.24, 2.45) is 0 Å². The van der Waals surface area contributed by atoms with Gasteiger partial charge in [0.25, 0.3) is 5.69 Å². The zero-order chi connectivity index (χ0) is 15.2. The molecule has 7 heteroatoms. The summed E-state index contributed by atoms with van der Waals surface area (Å²) in [5.74, 6) is 0. The maximum atomic E-state index is 11.0. The molecule has 0 unspecified atom stereocenters. The van der Waals surface area contributed by atoms with Crippen molar-refractivity contribution in [1.82, 2.24) is 9.80 Å². The van der Waals surface area contributed by atoms with Crippen LogP contribution in [0.3, 0.4) is 0 Å². The first kappa shape index (κ1) is 16.1. The summed E-state index contributed by atoms with van der Waals surface area (Å²) >= 11 is 4.14. The molecular formula is C14H22N4O2S. The Balaban J connectivity index is 1.77. The number of nitrogens with zero attached hydrogens (tertiary/aromatic N) is 3. The lowest BCUT2D eigenvalue weighted by Gasteiger charge is -2.32. The smallest absolute Gasteiger partial charge is 0.293 e. The molecule has 21 heavy (non-hydrogen) atoms. The van der Waals surface area contributed by atoms with Crippen LogP contribution in [0.5, 0.6) is 0 Å². The maximum Gasteiger partial charge on any atom is 0.293 e. The van der Waals surface area contributed by atoms with Crippen LogP contribution in [0.1, 0.15) is 6.42 Å². The van der Waals surface area contributed by atoms with Crippen LogP contribution in [0.4, 0.5) is 11.4 Å². The molecule has 0 radical (unpaired) electrons. The molecule has 2 rings (SSSR count). The number of benzene rings is 1. The highest BCUT2D eigenvalue weighted by Crippen LogP contribution is 2.26. The van der Waals surface area contributed by atoms with Gasteiger partial charge in [-0.3, -0.25) is 10.1 Å². The third-order valence-electron chi connectivity index (χ3n) is 3.74. The molecule has 0 spiro atoms. The molecule has 0 bridgehead atoms. The van der Waals surface area contributed by atoms with Crippen LogP contribution >= 0.6 is 12.6 Å². The number of likely N-dealkylation sites (N-methyl/N-ethyl adjacent to an activating group) is 1. The fraction of sp³-hybridized carbons (Fsp3) is 0.571. The van der Waals surface area contributed by atoms with Crippen molar-refractivity contribution in [1.29, 1.82) is 0 Å². The number of nitro benzene ring substituents is 1. The molecule has 0 aromatic heterocycles. The Morgan fingerprint density at radius 1 is 1.33 bits per heavy atom. The Bertz CT molecular complexity index is 490. The van der Waals surface area contributed by atoms with Gasteiger partial charge in [-0.1, -0.05) is 0 Å². The number of hydrogen-bond donors (Lipinski definition) is 2. The lowest BCUT2D eigenvalue weighted by molar-refractivity contribution is -0.384. The standard InChI is InChI=1S/C14H22N4O2S/c1-16-7-9-17(10-8-16)6-2-5-15-13-4-3-12(21)11-14(13)18(19)20/h3-4,11,15,21H,2,5-10H2,1H3. The molecule has 0 aliphatic carbocycles. The van der Waals surface area contributed by atoms with Crippen molar-refractivity contribution in [3.8, 4) is 0 Å². The Morgan fingerprint density at radius 3 is 2.71 bits per heavy atom. The zero-order valence-electron chi connectivity index (χ0n) is 12.3. The molecule has 1 fully saturated rings. The molecule has 1 heterocycles. The topological polar surface area (TPSA) is 61.6 Å². The van der Waals surface area contributed by atoms with E-state index in [9.17, 15) is 10.1 Å². The van der Waals surface area contributed by atoms with Gasteiger partial charge in [-0.25, -0.2) is 0 Å². The molecule has 116 valence electrons. The maximum absolute atomic E-state index is 11.0. The number of thiol groups is 1. The molecule has 6 nitrogen and oxygen atoms in total. The van der Waals surface area contributed by atoms with Crippen LogP contribution in [-0.4, -0.2) is 61.0 Å². The van der Waals surface area contributed by atoms with Crippen molar-refractivity contribution < 1.29 is 4.92 Å². The number of nitrogens with one attached hydrogen (secondary N) is 1. The predicted molar refractivity (Wildman–Crippen MR) is 87.4 cm³/mol. The normalized spacial score (nSPS) is 16.9. The molecule has 1 aliphatic heterocycles. The molecule has 1 aromatic rings. The van der Waals surface area contributed by atoms with Crippen LogP contribution in [0.25, 0.3) is 0 Å². The van der Waals surface area contributed by atoms with Crippen molar-refractivity contribution in [3.63, 3.8) is 0 Å². The molecule has 1 N–H and O–H groups in total. The Labute approximate surface area is 130 Å². The summed E-state index contributed by atoms with van der Waals surface area (Å²) in [7, 11) is 2.14. The third-order valence-corrected chi connectivity index (χ3v) is 4.02. The largest absolute Gasteiger partial charge is 0.379 e. The summed E-state index contributed by atoms with van der Waals surface area (Å²) < 4.78 is 0. The number of nitro groups is 1. The van der Waals surface area contributed by atoms with E-state index < -0.39 is 0 Å². The summed E-state index contributed by atoms with van der Waals surface area (Å²) in [6.45, 7) is 6.19. The Kier molecular flexibility index (Phi) is 5.84. The number of hydrogen-bond acceptors (Lipinski definition) is 6. The van der Waals surface area contributed by atoms with Gasteiger partial charge < -0.3 is 15.1 Å². The van der Waals surface area contributed by atoms with Gasteiger partial charge in [0.2, 0.25) is 0 Å². The number of rotatable bonds is 6. The van der Waals surface area contributed by atoms with E-state index in [1.807, 2.05) is 0 Å². The first-order valence-corrected chi connectivity index (χ1v) is 7.63. The average Bonchev–Trinajstić information content (AvgIpc) is 2.46. The van der Waals surface area contributed by atoms with Gasteiger partial charge in [0.1, 0.15) is 5.69 Å². The molecule has 1 aliphatic rings. The first-order valence-electron chi connectivity index (χ1n) is 7.18. The van der Waals surface area contributed by atoms with E-state index in [1.54, 1.807) is 12.1 Å². The summed E-state index contributed by atoms with van der Waals surface area (Å²) in [5.41, 5.74) is 0.651. The van der Waals surface area contributed by atoms with Crippen LogP contribution in [0.2, 0.25) is 0 Å².